The second-order valence-electron chi connectivity index (χ2n) is 5.24. The number of nitro groups is 1. The fourth-order valence-electron chi connectivity index (χ4n) is 2.34. The number of nitriles is 1. The van der Waals surface area contributed by atoms with Crippen LogP contribution in [-0.4, -0.2) is 42.0 Å². The number of non-ortho nitro benzene ring substituents is 1. The summed E-state index contributed by atoms with van der Waals surface area (Å²) in [5.74, 6) is -1.87. The molecule has 0 aliphatic carbocycles. The Kier molecular flexibility index (Phi) is 4.93. The maximum Gasteiger partial charge on any atom is 0.273 e. The van der Waals surface area contributed by atoms with Crippen molar-refractivity contribution < 1.29 is 19.2 Å². The van der Waals surface area contributed by atoms with Crippen molar-refractivity contribution in [3.8, 4) is 11.8 Å². The zero-order valence-electron chi connectivity index (χ0n) is 13.7. The zero-order valence-corrected chi connectivity index (χ0v) is 13.7. The van der Waals surface area contributed by atoms with E-state index in [1.54, 1.807) is 6.07 Å². The first-order chi connectivity index (χ1) is 11.8. The molecule has 1 aliphatic rings. The summed E-state index contributed by atoms with van der Waals surface area (Å²) in [7, 11) is 2.64. The van der Waals surface area contributed by atoms with Crippen LogP contribution in [-0.2, 0) is 9.59 Å². The minimum Gasteiger partial charge on any atom is -0.494 e. The lowest BCUT2D eigenvalue weighted by Gasteiger charge is -2.26. The third-order valence-corrected chi connectivity index (χ3v) is 3.82. The minimum atomic E-state index is -0.878. The summed E-state index contributed by atoms with van der Waals surface area (Å²) in [6, 6.07) is 5.67. The second kappa shape index (κ2) is 6.92. The second-order valence-corrected chi connectivity index (χ2v) is 5.24. The van der Waals surface area contributed by atoms with E-state index in [1.807, 2.05) is 0 Å². The average molecular weight is 342 g/mol. The van der Waals surface area contributed by atoms with Crippen LogP contribution in [0.5, 0.6) is 5.75 Å². The maximum absolute atomic E-state index is 12.3. The van der Waals surface area contributed by atoms with Crippen molar-refractivity contribution in [2.75, 3.05) is 14.2 Å². The highest BCUT2D eigenvalue weighted by molar-refractivity contribution is 6.15. The third kappa shape index (κ3) is 3.23. The molecule has 1 atom stereocenters. The highest BCUT2D eigenvalue weighted by Gasteiger charge is 2.36. The van der Waals surface area contributed by atoms with Gasteiger partial charge in [-0.25, -0.2) is 0 Å². The molecule has 1 heterocycles. The summed E-state index contributed by atoms with van der Waals surface area (Å²) in [4.78, 5) is 39.4. The quantitative estimate of drug-likeness (QED) is 0.355. The SMILES string of the molecule is COc1cc([N+](=O)[O-])ccc1N=C[C@H]1C(=O)N(C)C(=O)C(C#N)=C1C. The van der Waals surface area contributed by atoms with Gasteiger partial charge < -0.3 is 4.74 Å². The number of likely N-dealkylation sites (N-methyl/N-ethyl adjacent to an activating group) is 1. The Balaban J connectivity index is 2.43. The topological polar surface area (TPSA) is 126 Å². The van der Waals surface area contributed by atoms with Crippen molar-refractivity contribution in [1.82, 2.24) is 4.90 Å². The largest absolute Gasteiger partial charge is 0.494 e. The molecule has 0 saturated heterocycles. The molecule has 9 nitrogen and oxygen atoms in total. The zero-order chi connectivity index (χ0) is 18.7. The van der Waals surface area contributed by atoms with Crippen LogP contribution in [0, 0.1) is 27.4 Å². The predicted octanol–water partition coefficient (Wildman–Crippen LogP) is 1.76. The minimum absolute atomic E-state index is 0.103. The number of benzene rings is 1. The van der Waals surface area contributed by atoms with Gasteiger partial charge in [-0.2, -0.15) is 5.26 Å². The molecule has 0 aromatic heterocycles. The van der Waals surface area contributed by atoms with Gasteiger partial charge >= 0.3 is 0 Å². The lowest BCUT2D eigenvalue weighted by atomic mass is 9.91. The summed E-state index contributed by atoms with van der Waals surface area (Å²) in [6.45, 7) is 1.52. The average Bonchev–Trinajstić information content (AvgIpc) is 2.60. The molecular weight excluding hydrogens is 328 g/mol. The van der Waals surface area contributed by atoms with Crippen LogP contribution in [0.25, 0.3) is 0 Å². The molecule has 0 radical (unpaired) electrons. The van der Waals surface area contributed by atoms with Crippen LogP contribution in [0.1, 0.15) is 6.92 Å². The molecule has 9 heteroatoms. The number of ether oxygens (including phenoxy) is 1. The lowest BCUT2D eigenvalue weighted by Crippen LogP contribution is -2.44. The predicted molar refractivity (Wildman–Crippen MR) is 87.4 cm³/mol. The molecule has 0 N–H and O–H groups in total. The Morgan fingerprint density at radius 1 is 1.44 bits per heavy atom. The fraction of sp³-hybridized carbons (Fsp3) is 0.250. The number of nitro benzene ring substituents is 1. The van der Waals surface area contributed by atoms with Crippen molar-refractivity contribution in [2.24, 2.45) is 10.9 Å². The molecular formula is C16H14N4O5. The van der Waals surface area contributed by atoms with Gasteiger partial charge in [0, 0.05) is 19.3 Å². The summed E-state index contributed by atoms with van der Waals surface area (Å²) in [6.07, 6.45) is 1.29. The van der Waals surface area contributed by atoms with Gasteiger partial charge in [0.25, 0.3) is 11.6 Å². The van der Waals surface area contributed by atoms with Crippen molar-refractivity contribution in [1.29, 1.82) is 5.26 Å². The van der Waals surface area contributed by atoms with E-state index >= 15 is 0 Å². The van der Waals surface area contributed by atoms with Crippen molar-refractivity contribution in [3.63, 3.8) is 0 Å². The first kappa shape index (κ1) is 17.8. The summed E-state index contributed by atoms with van der Waals surface area (Å²) < 4.78 is 5.08. The maximum atomic E-state index is 12.3. The first-order valence-electron chi connectivity index (χ1n) is 7.11. The van der Waals surface area contributed by atoms with Crippen molar-refractivity contribution >= 4 is 29.4 Å². The molecule has 0 saturated carbocycles. The van der Waals surface area contributed by atoms with Gasteiger partial charge in [0.2, 0.25) is 5.91 Å². The van der Waals surface area contributed by atoms with E-state index in [0.29, 0.717) is 5.57 Å². The molecule has 1 aliphatic heterocycles. The molecule has 0 fully saturated rings. The van der Waals surface area contributed by atoms with Gasteiger partial charge in [-0.15, -0.1) is 0 Å². The Labute approximate surface area is 143 Å². The van der Waals surface area contributed by atoms with Crippen LogP contribution < -0.4 is 4.74 Å². The number of rotatable bonds is 4. The number of carbonyl (C=O) groups is 2. The Bertz CT molecular complexity index is 866. The Morgan fingerprint density at radius 3 is 2.68 bits per heavy atom. The highest BCUT2D eigenvalue weighted by Crippen LogP contribution is 2.32. The number of hydrogen-bond acceptors (Lipinski definition) is 7. The molecule has 128 valence electrons. The number of nitrogens with zero attached hydrogens (tertiary/aromatic N) is 4. The van der Waals surface area contributed by atoms with Crippen molar-refractivity contribution in [3.05, 3.63) is 39.5 Å². The van der Waals surface area contributed by atoms with Gasteiger partial charge in [-0.3, -0.25) is 29.6 Å². The van der Waals surface area contributed by atoms with E-state index in [0.717, 1.165) is 4.90 Å². The number of aliphatic imine (C=N–C) groups is 1. The van der Waals surface area contributed by atoms with Crippen LogP contribution in [0.2, 0.25) is 0 Å². The summed E-state index contributed by atoms with van der Waals surface area (Å²) >= 11 is 0. The smallest absolute Gasteiger partial charge is 0.273 e. The van der Waals surface area contributed by atoms with Crippen LogP contribution in [0.4, 0.5) is 11.4 Å². The fourth-order valence-corrected chi connectivity index (χ4v) is 2.34. The van der Waals surface area contributed by atoms with Gasteiger partial charge in [-0.05, 0) is 18.6 Å². The molecule has 2 amide bonds. The van der Waals surface area contributed by atoms with E-state index in [4.69, 9.17) is 10.00 Å². The van der Waals surface area contributed by atoms with Gasteiger partial charge in [-0.1, -0.05) is 0 Å². The van der Waals surface area contributed by atoms with Gasteiger partial charge in [0.15, 0.2) is 5.75 Å². The molecule has 2 rings (SSSR count). The molecule has 0 unspecified atom stereocenters. The van der Waals surface area contributed by atoms with E-state index in [1.165, 1.54) is 45.5 Å². The lowest BCUT2D eigenvalue weighted by molar-refractivity contribution is -0.384. The molecule has 25 heavy (non-hydrogen) atoms. The molecule has 1 aromatic rings. The number of methoxy groups -OCH3 is 1. The number of amides is 2. The highest BCUT2D eigenvalue weighted by atomic mass is 16.6. The standard InChI is InChI=1S/C16H14N4O5/c1-9-11(7-17)15(21)19(2)16(22)12(9)8-18-13-5-4-10(20(23)24)6-14(13)25-3/h4-6,8,12H,1-3H3/t12-/m1/s1. The van der Waals surface area contributed by atoms with Gasteiger partial charge in [0.05, 0.1) is 24.0 Å². The molecule has 0 spiro atoms. The first-order valence-corrected chi connectivity index (χ1v) is 7.11. The molecule has 0 bridgehead atoms. The van der Waals surface area contributed by atoms with E-state index in [2.05, 4.69) is 4.99 Å². The Morgan fingerprint density at radius 2 is 2.12 bits per heavy atom. The van der Waals surface area contributed by atoms with Crippen molar-refractivity contribution in [2.45, 2.75) is 6.92 Å². The van der Waals surface area contributed by atoms with Gasteiger partial charge in [0.1, 0.15) is 17.3 Å². The monoisotopic (exact) mass is 342 g/mol. The van der Waals surface area contributed by atoms with E-state index in [9.17, 15) is 19.7 Å². The normalized spacial score (nSPS) is 17.8. The van der Waals surface area contributed by atoms with E-state index in [-0.39, 0.29) is 22.7 Å². The van der Waals surface area contributed by atoms with Crippen LogP contribution in [0.3, 0.4) is 0 Å². The number of carbonyl (C=O) groups excluding carboxylic acids is 2. The Hall–Kier alpha value is -3.54. The van der Waals surface area contributed by atoms with Crippen LogP contribution in [0.15, 0.2) is 34.3 Å². The summed E-state index contributed by atoms with van der Waals surface area (Å²) in [5.41, 5.74) is 0.332. The number of imide groups is 1. The van der Waals surface area contributed by atoms with E-state index < -0.39 is 22.7 Å². The molecule has 1 aromatic carbocycles. The summed E-state index contributed by atoms with van der Waals surface area (Å²) in [5, 5.41) is 19.9. The van der Waals surface area contributed by atoms with Crippen LogP contribution >= 0.6 is 0 Å². The third-order valence-electron chi connectivity index (χ3n) is 3.82. The number of hydrogen-bond donors (Lipinski definition) is 0.